The van der Waals surface area contributed by atoms with Gasteiger partial charge in [0.1, 0.15) is 0 Å². The first-order chi connectivity index (χ1) is 11.3. The average Bonchev–Trinajstić information content (AvgIpc) is 3.16. The van der Waals surface area contributed by atoms with Crippen molar-refractivity contribution in [1.29, 1.82) is 0 Å². The Morgan fingerprint density at radius 2 is 1.12 bits per heavy atom. The molecule has 2 atom stereocenters. The van der Waals surface area contributed by atoms with Gasteiger partial charge in [0.15, 0.2) is 0 Å². The number of hydrogen-bond acceptors (Lipinski definition) is 2. The lowest BCUT2D eigenvalue weighted by Gasteiger charge is -1.98. The second-order valence-electron chi connectivity index (χ2n) is 5.08. The average molecular weight is 415 g/mol. The van der Waals surface area contributed by atoms with Crippen LogP contribution in [0.4, 0.5) is 51.8 Å². The van der Waals surface area contributed by atoms with Gasteiger partial charge in [0.05, 0.1) is 12.5 Å². The van der Waals surface area contributed by atoms with Gasteiger partial charge in [0, 0.05) is 0 Å². The Balaban J connectivity index is 0. The first kappa shape index (κ1) is 27.0. The van der Waals surface area contributed by atoms with E-state index in [-0.39, 0.29) is 11.9 Å². The fraction of sp³-hybridized carbons (Fsp3) is 0.889. The van der Waals surface area contributed by atoms with Crippen molar-refractivity contribution >= 4 is 27.7 Å². The van der Waals surface area contributed by atoms with E-state index >= 15 is 0 Å². The molecule has 0 bridgehead atoms. The van der Waals surface area contributed by atoms with Crippen LogP contribution in [0.5, 0.6) is 0 Å². The standard InChI is InChI=1S/C9H14O2.3BF4/c1-2-11-9(10)8-5-7(8)6-3-4-6;3*2-1(3,4)5/h6-8H,2-5H2,1H3;;;/q;3*-1. The van der Waals surface area contributed by atoms with E-state index in [1.54, 1.807) is 0 Å². The molecular formula is C9H14B3F12O2-3. The van der Waals surface area contributed by atoms with Crippen molar-refractivity contribution < 1.29 is 61.3 Å². The summed E-state index contributed by atoms with van der Waals surface area (Å²) < 4.78 is 122. The van der Waals surface area contributed by atoms with Crippen molar-refractivity contribution in [2.45, 2.75) is 26.2 Å². The fourth-order valence-electron chi connectivity index (χ4n) is 1.78. The second kappa shape index (κ2) is 10.8. The van der Waals surface area contributed by atoms with E-state index in [1.165, 1.54) is 12.8 Å². The normalized spacial score (nSPS) is 21.7. The van der Waals surface area contributed by atoms with Crippen molar-refractivity contribution in [3.63, 3.8) is 0 Å². The molecule has 0 heterocycles. The third-order valence-electron chi connectivity index (χ3n) is 2.66. The Kier molecular flexibility index (Phi) is 11.3. The summed E-state index contributed by atoms with van der Waals surface area (Å²) in [6.45, 7) is 2.40. The topological polar surface area (TPSA) is 26.3 Å². The van der Waals surface area contributed by atoms with Crippen LogP contribution in [0.3, 0.4) is 0 Å². The fourth-order valence-corrected chi connectivity index (χ4v) is 1.78. The summed E-state index contributed by atoms with van der Waals surface area (Å²) in [6, 6.07) is 0. The predicted octanol–water partition coefficient (Wildman–Crippen LogP) is 5.50. The second-order valence-corrected chi connectivity index (χ2v) is 5.08. The Hall–Kier alpha value is -1.18. The molecule has 0 aromatic heterocycles. The lowest BCUT2D eigenvalue weighted by molar-refractivity contribution is -0.145. The maximum absolute atomic E-state index is 11.1. The molecule has 0 aromatic rings. The van der Waals surface area contributed by atoms with Gasteiger partial charge in [-0.2, -0.15) is 0 Å². The van der Waals surface area contributed by atoms with Crippen LogP contribution in [-0.2, 0) is 9.53 Å². The molecule has 2 nitrogen and oxygen atoms in total. The van der Waals surface area contributed by atoms with Crippen LogP contribution in [0.2, 0.25) is 0 Å². The molecule has 0 spiro atoms. The number of halogens is 12. The third-order valence-corrected chi connectivity index (χ3v) is 2.66. The summed E-state index contributed by atoms with van der Waals surface area (Å²) in [5, 5.41) is 0. The van der Waals surface area contributed by atoms with Gasteiger partial charge in [-0.25, -0.2) is 0 Å². The minimum Gasteiger partial charge on any atom is -0.466 e. The summed E-state index contributed by atoms with van der Waals surface area (Å²) in [6.07, 6.45) is 3.80. The van der Waals surface area contributed by atoms with Gasteiger partial charge >= 0.3 is 27.7 Å². The first-order valence-corrected chi connectivity index (χ1v) is 7.11. The minimum absolute atomic E-state index is 0.0457. The number of carbonyl (C=O) groups is 1. The molecule has 2 saturated carbocycles. The summed E-state index contributed by atoms with van der Waals surface area (Å²) >= 11 is 0. The zero-order valence-corrected chi connectivity index (χ0v) is 13.1. The molecule has 0 aromatic carbocycles. The summed E-state index contributed by atoms with van der Waals surface area (Å²) in [7, 11) is -18.0. The van der Waals surface area contributed by atoms with Crippen LogP contribution in [0.15, 0.2) is 0 Å². The highest BCUT2D eigenvalue weighted by Gasteiger charge is 2.51. The number of ether oxygens (including phenoxy) is 1. The van der Waals surface area contributed by atoms with Gasteiger partial charge in [-0.1, -0.05) is 0 Å². The van der Waals surface area contributed by atoms with Crippen LogP contribution < -0.4 is 0 Å². The van der Waals surface area contributed by atoms with E-state index in [0.717, 1.165) is 12.3 Å². The smallest absolute Gasteiger partial charge is 0.466 e. The van der Waals surface area contributed by atoms with Crippen molar-refractivity contribution in [3.8, 4) is 0 Å². The van der Waals surface area contributed by atoms with Gasteiger partial charge in [0.25, 0.3) is 0 Å². The van der Waals surface area contributed by atoms with Crippen molar-refractivity contribution in [3.05, 3.63) is 0 Å². The molecule has 2 rings (SSSR count). The Morgan fingerprint density at radius 3 is 1.35 bits per heavy atom. The minimum atomic E-state index is -6.00. The molecule has 0 amide bonds. The van der Waals surface area contributed by atoms with Crippen molar-refractivity contribution in [2.75, 3.05) is 6.61 Å². The van der Waals surface area contributed by atoms with Gasteiger partial charge in [-0.15, -0.1) is 0 Å². The Labute approximate surface area is 140 Å². The van der Waals surface area contributed by atoms with E-state index in [0.29, 0.717) is 12.5 Å². The van der Waals surface area contributed by atoms with E-state index in [2.05, 4.69) is 0 Å². The molecule has 2 aliphatic carbocycles. The van der Waals surface area contributed by atoms with Crippen molar-refractivity contribution in [1.82, 2.24) is 0 Å². The lowest BCUT2D eigenvalue weighted by atomic mass is 10.2. The van der Waals surface area contributed by atoms with Crippen LogP contribution in [-0.4, -0.2) is 34.3 Å². The number of carbonyl (C=O) groups excluding carboxylic acids is 1. The summed E-state index contributed by atoms with van der Waals surface area (Å²) in [5.41, 5.74) is 0. The zero-order valence-electron chi connectivity index (χ0n) is 13.1. The van der Waals surface area contributed by atoms with Gasteiger partial charge < -0.3 is 56.5 Å². The maximum Gasteiger partial charge on any atom is 0.673 e. The molecule has 0 radical (unpaired) electrons. The SMILES string of the molecule is CCOC(=O)C1CC1C1CC1.F[B-](F)(F)F.F[B-](F)(F)F.F[B-](F)(F)F. The Bertz CT molecular complexity index is 360. The lowest BCUT2D eigenvalue weighted by Crippen LogP contribution is -2.07. The van der Waals surface area contributed by atoms with Crippen molar-refractivity contribution in [2.24, 2.45) is 17.8 Å². The molecule has 158 valence electrons. The molecule has 0 N–H and O–H groups in total. The molecule has 26 heavy (non-hydrogen) atoms. The summed E-state index contributed by atoms with van der Waals surface area (Å²) in [5.74, 6) is 1.91. The first-order valence-electron chi connectivity index (χ1n) is 7.11. The number of esters is 1. The number of hydrogen-bond donors (Lipinski definition) is 0. The van der Waals surface area contributed by atoms with Crippen LogP contribution >= 0.6 is 0 Å². The van der Waals surface area contributed by atoms with E-state index < -0.39 is 21.8 Å². The number of rotatable bonds is 3. The predicted molar refractivity (Wildman–Crippen MR) is 71.5 cm³/mol. The van der Waals surface area contributed by atoms with Crippen LogP contribution in [0.25, 0.3) is 0 Å². The largest absolute Gasteiger partial charge is 0.673 e. The molecule has 2 fully saturated rings. The van der Waals surface area contributed by atoms with E-state index in [4.69, 9.17) is 4.74 Å². The van der Waals surface area contributed by atoms with Crippen LogP contribution in [0.1, 0.15) is 26.2 Å². The van der Waals surface area contributed by atoms with Gasteiger partial charge in [0.2, 0.25) is 0 Å². The molecule has 2 unspecified atom stereocenters. The monoisotopic (exact) mass is 415 g/mol. The van der Waals surface area contributed by atoms with E-state index in [1.807, 2.05) is 6.92 Å². The maximum atomic E-state index is 11.1. The highest BCUT2D eigenvalue weighted by Crippen LogP contribution is 2.54. The van der Waals surface area contributed by atoms with Gasteiger partial charge in [-0.05, 0) is 38.0 Å². The van der Waals surface area contributed by atoms with Crippen LogP contribution in [0, 0.1) is 17.8 Å². The molecule has 0 aliphatic heterocycles. The highest BCUT2D eigenvalue weighted by molar-refractivity contribution is 6.50. The molecule has 17 heteroatoms. The molecular weight excluding hydrogens is 401 g/mol. The Morgan fingerprint density at radius 1 is 0.808 bits per heavy atom. The third kappa shape index (κ3) is 30.7. The zero-order chi connectivity index (χ0) is 21.3. The quantitative estimate of drug-likeness (QED) is 0.346. The summed E-state index contributed by atoms with van der Waals surface area (Å²) in [4.78, 5) is 11.1. The van der Waals surface area contributed by atoms with Gasteiger partial charge in [-0.3, -0.25) is 4.79 Å². The highest BCUT2D eigenvalue weighted by atomic mass is 19.5. The molecule has 2 aliphatic rings. The molecule has 0 saturated heterocycles. The van der Waals surface area contributed by atoms with E-state index in [9.17, 15) is 56.6 Å².